The lowest BCUT2D eigenvalue weighted by molar-refractivity contribution is -0.120. The van der Waals surface area contributed by atoms with E-state index in [4.69, 9.17) is 0 Å². The second-order valence-corrected chi connectivity index (χ2v) is 5.55. The van der Waals surface area contributed by atoms with Crippen LogP contribution in [0, 0.1) is 20.8 Å². The number of amides is 1. The minimum absolute atomic E-state index is 0. The summed E-state index contributed by atoms with van der Waals surface area (Å²) in [6, 6.07) is 4.29. The summed E-state index contributed by atoms with van der Waals surface area (Å²) in [4.78, 5) is 14.7. The van der Waals surface area contributed by atoms with Gasteiger partial charge in [0.15, 0.2) is 0 Å². The average Bonchev–Trinajstić information content (AvgIpc) is 2.81. The maximum absolute atomic E-state index is 12.4. The lowest BCUT2D eigenvalue weighted by Gasteiger charge is -2.23. The van der Waals surface area contributed by atoms with Crippen molar-refractivity contribution in [1.29, 1.82) is 0 Å². The van der Waals surface area contributed by atoms with Gasteiger partial charge in [-0.25, -0.2) is 0 Å². The first-order chi connectivity index (χ1) is 9.02. The zero-order valence-corrected chi connectivity index (χ0v) is 13.6. The third-order valence-corrected chi connectivity index (χ3v) is 4.00. The van der Waals surface area contributed by atoms with Crippen molar-refractivity contribution in [2.45, 2.75) is 46.6 Å². The fourth-order valence-corrected chi connectivity index (χ4v) is 3.09. The number of rotatable bonds is 3. The van der Waals surface area contributed by atoms with Crippen LogP contribution in [0.5, 0.6) is 0 Å². The summed E-state index contributed by atoms with van der Waals surface area (Å²) in [7, 11) is 0. The molecule has 1 unspecified atom stereocenters. The van der Waals surface area contributed by atoms with Gasteiger partial charge in [0.05, 0.1) is 6.04 Å². The lowest BCUT2D eigenvalue weighted by Crippen LogP contribution is -2.39. The molecule has 1 aliphatic rings. The van der Waals surface area contributed by atoms with E-state index in [0.29, 0.717) is 0 Å². The molecule has 0 saturated carbocycles. The molecule has 3 nitrogen and oxygen atoms in total. The van der Waals surface area contributed by atoms with E-state index in [1.807, 2.05) is 0 Å². The number of carbonyl (C=O) groups excluding carboxylic acids is 1. The summed E-state index contributed by atoms with van der Waals surface area (Å²) in [6.07, 6.45) is 2.10. The molecule has 0 bridgehead atoms. The number of carbonyl (C=O) groups is 1. The molecule has 1 saturated heterocycles. The van der Waals surface area contributed by atoms with Crippen molar-refractivity contribution in [2.24, 2.45) is 0 Å². The molecule has 20 heavy (non-hydrogen) atoms. The molecule has 1 N–H and O–H groups in total. The van der Waals surface area contributed by atoms with Crippen LogP contribution in [0.25, 0.3) is 0 Å². The Labute approximate surface area is 128 Å². The quantitative estimate of drug-likeness (QED) is 0.926. The van der Waals surface area contributed by atoms with Crippen LogP contribution in [-0.4, -0.2) is 29.9 Å². The molecule has 1 amide bonds. The maximum atomic E-state index is 12.4. The van der Waals surface area contributed by atoms with E-state index in [1.54, 1.807) is 0 Å². The molecule has 1 aromatic rings. The first kappa shape index (κ1) is 17.0. The summed E-state index contributed by atoms with van der Waals surface area (Å²) < 4.78 is 0. The topological polar surface area (TPSA) is 32.3 Å². The highest BCUT2D eigenvalue weighted by Gasteiger charge is 2.29. The maximum Gasteiger partial charge on any atom is 0.241 e. The van der Waals surface area contributed by atoms with Crippen LogP contribution >= 0.6 is 12.4 Å². The van der Waals surface area contributed by atoms with Crippen molar-refractivity contribution < 1.29 is 4.79 Å². The van der Waals surface area contributed by atoms with E-state index < -0.39 is 0 Å². The van der Waals surface area contributed by atoms with Crippen LogP contribution < -0.4 is 5.32 Å². The molecular weight excluding hydrogens is 272 g/mol. The second kappa shape index (κ2) is 7.09. The van der Waals surface area contributed by atoms with Gasteiger partial charge in [0.1, 0.15) is 0 Å². The number of hydrogen-bond donors (Lipinski definition) is 1. The van der Waals surface area contributed by atoms with Gasteiger partial charge < -0.3 is 5.32 Å². The number of likely N-dealkylation sites (tertiary alicyclic amines) is 1. The van der Waals surface area contributed by atoms with E-state index in [1.165, 1.54) is 5.56 Å². The predicted octanol–water partition coefficient (Wildman–Crippen LogP) is 3.46. The largest absolute Gasteiger partial charge is 0.324 e. The summed E-state index contributed by atoms with van der Waals surface area (Å²) in [5.74, 6) is 0.148. The predicted molar refractivity (Wildman–Crippen MR) is 86.8 cm³/mol. The van der Waals surface area contributed by atoms with Gasteiger partial charge >= 0.3 is 0 Å². The Morgan fingerprint density at radius 1 is 1.30 bits per heavy atom. The van der Waals surface area contributed by atoms with Crippen LogP contribution in [0.1, 0.15) is 36.5 Å². The number of benzene rings is 1. The molecule has 1 heterocycles. The SMILES string of the molecule is CCN1CCCC1C(=O)Nc1c(C)cc(C)cc1C.Cl. The van der Waals surface area contributed by atoms with Crippen molar-refractivity contribution in [2.75, 3.05) is 18.4 Å². The molecule has 1 aromatic carbocycles. The molecule has 0 aliphatic carbocycles. The number of nitrogens with one attached hydrogen (secondary N) is 1. The van der Waals surface area contributed by atoms with Gasteiger partial charge in [0, 0.05) is 5.69 Å². The van der Waals surface area contributed by atoms with Gasteiger partial charge in [0.25, 0.3) is 0 Å². The Bertz CT molecular complexity index is 464. The number of nitrogens with zero attached hydrogens (tertiary/aromatic N) is 1. The van der Waals surface area contributed by atoms with E-state index in [2.05, 4.69) is 50.0 Å². The monoisotopic (exact) mass is 296 g/mol. The highest BCUT2D eigenvalue weighted by Crippen LogP contribution is 2.24. The molecule has 112 valence electrons. The van der Waals surface area contributed by atoms with Crippen LogP contribution in [0.15, 0.2) is 12.1 Å². The minimum Gasteiger partial charge on any atom is -0.324 e. The highest BCUT2D eigenvalue weighted by atomic mass is 35.5. The van der Waals surface area contributed by atoms with Gasteiger partial charge in [0.2, 0.25) is 5.91 Å². The molecule has 2 rings (SSSR count). The second-order valence-electron chi connectivity index (χ2n) is 5.55. The minimum atomic E-state index is 0. The van der Waals surface area contributed by atoms with E-state index in [9.17, 15) is 4.79 Å². The number of hydrogen-bond acceptors (Lipinski definition) is 2. The molecule has 0 aromatic heterocycles. The summed E-state index contributed by atoms with van der Waals surface area (Å²) in [5, 5.41) is 3.13. The summed E-state index contributed by atoms with van der Waals surface area (Å²) in [6.45, 7) is 10.3. The van der Waals surface area contributed by atoms with Crippen molar-refractivity contribution in [3.63, 3.8) is 0 Å². The highest BCUT2D eigenvalue weighted by molar-refractivity contribution is 5.96. The molecular formula is C16H25ClN2O. The van der Waals surface area contributed by atoms with Gasteiger partial charge in [-0.2, -0.15) is 0 Å². The zero-order chi connectivity index (χ0) is 14.0. The van der Waals surface area contributed by atoms with Gasteiger partial charge in [-0.05, 0) is 57.8 Å². The molecule has 1 atom stereocenters. The van der Waals surface area contributed by atoms with E-state index in [-0.39, 0.29) is 24.4 Å². The van der Waals surface area contributed by atoms with Crippen LogP contribution in [0.3, 0.4) is 0 Å². The van der Waals surface area contributed by atoms with Gasteiger partial charge in [-0.3, -0.25) is 9.69 Å². The lowest BCUT2D eigenvalue weighted by atomic mass is 10.0. The Morgan fingerprint density at radius 2 is 1.90 bits per heavy atom. The fraction of sp³-hybridized carbons (Fsp3) is 0.562. The van der Waals surface area contributed by atoms with Crippen LogP contribution in [0.2, 0.25) is 0 Å². The molecule has 1 fully saturated rings. The van der Waals surface area contributed by atoms with Gasteiger partial charge in [-0.15, -0.1) is 12.4 Å². The number of likely N-dealkylation sites (N-methyl/N-ethyl adjacent to an activating group) is 1. The third-order valence-electron chi connectivity index (χ3n) is 4.00. The molecule has 1 aliphatic heterocycles. The van der Waals surface area contributed by atoms with E-state index >= 15 is 0 Å². The normalized spacial score (nSPS) is 18.7. The molecule has 0 radical (unpaired) electrons. The van der Waals surface area contributed by atoms with Crippen LogP contribution in [0.4, 0.5) is 5.69 Å². The fourth-order valence-electron chi connectivity index (χ4n) is 3.09. The summed E-state index contributed by atoms with van der Waals surface area (Å²) >= 11 is 0. The number of aryl methyl sites for hydroxylation is 3. The van der Waals surface area contributed by atoms with E-state index in [0.717, 1.165) is 42.7 Å². The van der Waals surface area contributed by atoms with Crippen molar-refractivity contribution in [3.8, 4) is 0 Å². The first-order valence-corrected chi connectivity index (χ1v) is 7.15. The first-order valence-electron chi connectivity index (χ1n) is 7.15. The Balaban J connectivity index is 0.00000200. The average molecular weight is 297 g/mol. The molecule has 0 spiro atoms. The van der Waals surface area contributed by atoms with Crippen molar-refractivity contribution in [1.82, 2.24) is 4.90 Å². The smallest absolute Gasteiger partial charge is 0.241 e. The Kier molecular flexibility index (Phi) is 6.03. The number of halogens is 1. The number of anilines is 1. The van der Waals surface area contributed by atoms with Gasteiger partial charge in [-0.1, -0.05) is 24.6 Å². The Morgan fingerprint density at radius 3 is 2.45 bits per heavy atom. The zero-order valence-electron chi connectivity index (χ0n) is 12.8. The standard InChI is InChI=1S/C16H24N2O.ClH/c1-5-18-8-6-7-14(18)16(19)17-15-12(3)9-11(2)10-13(15)4;/h9-10,14H,5-8H2,1-4H3,(H,17,19);1H. The van der Waals surface area contributed by atoms with Crippen molar-refractivity contribution in [3.05, 3.63) is 28.8 Å². The summed E-state index contributed by atoms with van der Waals surface area (Å²) in [5.41, 5.74) is 4.52. The molecule has 4 heteroatoms. The van der Waals surface area contributed by atoms with Crippen LogP contribution in [-0.2, 0) is 4.79 Å². The van der Waals surface area contributed by atoms with Crippen molar-refractivity contribution >= 4 is 24.0 Å². The Hall–Kier alpha value is -1.06. The third kappa shape index (κ3) is 3.53.